The van der Waals surface area contributed by atoms with Crippen molar-refractivity contribution in [1.29, 1.82) is 0 Å². The van der Waals surface area contributed by atoms with Crippen LogP contribution in [0.5, 0.6) is 5.75 Å². The van der Waals surface area contributed by atoms with Gasteiger partial charge >= 0.3 is 0 Å². The van der Waals surface area contributed by atoms with E-state index in [-0.39, 0.29) is 30.4 Å². The van der Waals surface area contributed by atoms with Gasteiger partial charge in [-0.2, -0.15) is 0 Å². The fourth-order valence-electron chi connectivity index (χ4n) is 3.57. The van der Waals surface area contributed by atoms with Gasteiger partial charge in [-0.05, 0) is 62.4 Å². The average molecular weight is 424 g/mol. The molecule has 1 aliphatic carbocycles. The highest BCUT2D eigenvalue weighted by atomic mass is 16.5. The largest absolute Gasteiger partial charge is 0.489 e. The van der Waals surface area contributed by atoms with E-state index in [4.69, 9.17) is 9.47 Å². The SMILES string of the molecule is Cc1c(NCC(=O)Nc2ccccc2OCC2CCCO2)cccc1NC(=O)C1CC1. The van der Waals surface area contributed by atoms with Crippen LogP contribution in [-0.2, 0) is 14.3 Å². The van der Waals surface area contributed by atoms with E-state index < -0.39 is 0 Å². The summed E-state index contributed by atoms with van der Waals surface area (Å²) in [6.45, 7) is 3.28. The number of ether oxygens (including phenoxy) is 2. The molecule has 0 spiro atoms. The first-order valence-corrected chi connectivity index (χ1v) is 10.9. The molecule has 7 heteroatoms. The van der Waals surface area contributed by atoms with E-state index in [2.05, 4.69) is 16.0 Å². The molecule has 2 aromatic carbocycles. The zero-order valence-corrected chi connectivity index (χ0v) is 17.8. The number of carbonyl (C=O) groups is 2. The average Bonchev–Trinajstić information content (AvgIpc) is 3.50. The highest BCUT2D eigenvalue weighted by molar-refractivity contribution is 5.97. The summed E-state index contributed by atoms with van der Waals surface area (Å²) in [6, 6.07) is 13.0. The van der Waals surface area contributed by atoms with Crippen molar-refractivity contribution in [2.45, 2.75) is 38.7 Å². The van der Waals surface area contributed by atoms with Crippen LogP contribution in [0, 0.1) is 12.8 Å². The van der Waals surface area contributed by atoms with Crippen molar-refractivity contribution in [2.75, 3.05) is 35.7 Å². The van der Waals surface area contributed by atoms with Gasteiger partial charge in [-0.15, -0.1) is 0 Å². The van der Waals surface area contributed by atoms with Gasteiger partial charge in [0, 0.05) is 23.9 Å². The zero-order valence-electron chi connectivity index (χ0n) is 17.8. The number of carbonyl (C=O) groups excluding carboxylic acids is 2. The van der Waals surface area contributed by atoms with E-state index in [9.17, 15) is 9.59 Å². The van der Waals surface area contributed by atoms with Gasteiger partial charge in [0.1, 0.15) is 12.4 Å². The van der Waals surface area contributed by atoms with Gasteiger partial charge in [-0.1, -0.05) is 18.2 Å². The molecule has 31 heavy (non-hydrogen) atoms. The summed E-state index contributed by atoms with van der Waals surface area (Å²) in [5.74, 6) is 0.661. The van der Waals surface area contributed by atoms with Crippen molar-refractivity contribution in [2.24, 2.45) is 5.92 Å². The van der Waals surface area contributed by atoms with E-state index in [1.54, 1.807) is 0 Å². The van der Waals surface area contributed by atoms with Crippen molar-refractivity contribution in [1.82, 2.24) is 0 Å². The Balaban J connectivity index is 1.32. The maximum atomic E-state index is 12.5. The van der Waals surface area contributed by atoms with Gasteiger partial charge in [0.2, 0.25) is 11.8 Å². The number of hydrogen-bond donors (Lipinski definition) is 3. The second kappa shape index (κ2) is 9.83. The fourth-order valence-corrected chi connectivity index (χ4v) is 3.57. The van der Waals surface area contributed by atoms with Crippen molar-refractivity contribution in [3.63, 3.8) is 0 Å². The predicted molar refractivity (Wildman–Crippen MR) is 121 cm³/mol. The van der Waals surface area contributed by atoms with Crippen LogP contribution in [0.15, 0.2) is 42.5 Å². The second-order valence-electron chi connectivity index (χ2n) is 8.09. The Kier molecular flexibility index (Phi) is 6.72. The van der Waals surface area contributed by atoms with Crippen LogP contribution in [0.2, 0.25) is 0 Å². The standard InChI is InChI=1S/C24H29N3O4/c1-16-19(8-4-9-20(16)27-24(29)17-11-12-17)25-14-23(28)26-21-7-2-3-10-22(21)31-15-18-6-5-13-30-18/h2-4,7-10,17-18,25H,5-6,11-15H2,1H3,(H,26,28)(H,27,29). The molecule has 2 fully saturated rings. The van der Waals surface area contributed by atoms with Crippen LogP contribution in [0.25, 0.3) is 0 Å². The molecule has 164 valence electrons. The molecule has 0 bridgehead atoms. The van der Waals surface area contributed by atoms with Crippen LogP contribution in [0.3, 0.4) is 0 Å². The van der Waals surface area contributed by atoms with Crippen molar-refractivity contribution >= 4 is 28.9 Å². The van der Waals surface area contributed by atoms with Gasteiger partial charge in [0.05, 0.1) is 18.3 Å². The van der Waals surface area contributed by atoms with E-state index >= 15 is 0 Å². The summed E-state index contributed by atoms with van der Waals surface area (Å²) in [5.41, 5.74) is 3.13. The molecule has 1 saturated carbocycles. The Hall–Kier alpha value is -3.06. The Morgan fingerprint density at radius 3 is 2.55 bits per heavy atom. The van der Waals surface area contributed by atoms with Gasteiger partial charge in [0.15, 0.2) is 0 Å². The molecule has 1 aliphatic heterocycles. The lowest BCUT2D eigenvalue weighted by atomic mass is 10.1. The molecular formula is C24H29N3O4. The van der Waals surface area contributed by atoms with Gasteiger partial charge in [-0.25, -0.2) is 0 Å². The summed E-state index contributed by atoms with van der Waals surface area (Å²) >= 11 is 0. The summed E-state index contributed by atoms with van der Waals surface area (Å²) in [4.78, 5) is 24.6. The molecule has 1 unspecified atom stereocenters. The van der Waals surface area contributed by atoms with Crippen LogP contribution < -0.4 is 20.7 Å². The molecule has 2 aliphatic rings. The Bertz CT molecular complexity index is 936. The molecule has 1 saturated heterocycles. The third-order valence-corrected chi connectivity index (χ3v) is 5.59. The second-order valence-corrected chi connectivity index (χ2v) is 8.09. The number of para-hydroxylation sites is 2. The molecule has 2 aromatic rings. The molecule has 3 N–H and O–H groups in total. The summed E-state index contributed by atoms with van der Waals surface area (Å²) in [6.07, 6.45) is 4.09. The first-order valence-electron chi connectivity index (χ1n) is 10.9. The molecular weight excluding hydrogens is 394 g/mol. The quantitative estimate of drug-likeness (QED) is 0.568. The van der Waals surface area contributed by atoms with Crippen molar-refractivity contribution < 1.29 is 19.1 Å². The lowest BCUT2D eigenvalue weighted by Crippen LogP contribution is -2.23. The van der Waals surface area contributed by atoms with E-state index in [1.807, 2.05) is 49.4 Å². The van der Waals surface area contributed by atoms with Crippen LogP contribution in [-0.4, -0.2) is 37.7 Å². The maximum Gasteiger partial charge on any atom is 0.243 e. The summed E-state index contributed by atoms with van der Waals surface area (Å²) in [7, 11) is 0. The number of rotatable bonds is 9. The highest BCUT2D eigenvalue weighted by Crippen LogP contribution is 2.31. The molecule has 4 rings (SSSR count). The first kappa shape index (κ1) is 21.2. The topological polar surface area (TPSA) is 88.7 Å². The van der Waals surface area contributed by atoms with Crippen LogP contribution in [0.1, 0.15) is 31.2 Å². The first-order chi connectivity index (χ1) is 15.1. The maximum absolute atomic E-state index is 12.5. The number of amides is 2. The smallest absolute Gasteiger partial charge is 0.243 e. The van der Waals surface area contributed by atoms with Gasteiger partial charge in [-0.3, -0.25) is 9.59 Å². The summed E-state index contributed by atoms with van der Waals surface area (Å²) < 4.78 is 11.5. The molecule has 1 atom stereocenters. The number of hydrogen-bond acceptors (Lipinski definition) is 5. The molecule has 7 nitrogen and oxygen atoms in total. The van der Waals surface area contributed by atoms with Gasteiger partial charge in [0.25, 0.3) is 0 Å². The van der Waals surface area contributed by atoms with Gasteiger partial charge < -0.3 is 25.4 Å². The zero-order chi connectivity index (χ0) is 21.6. The number of anilines is 3. The minimum absolute atomic E-state index is 0.0672. The Morgan fingerprint density at radius 1 is 1.00 bits per heavy atom. The minimum atomic E-state index is -0.181. The molecule has 1 heterocycles. The predicted octanol–water partition coefficient (Wildman–Crippen LogP) is 3.95. The lowest BCUT2D eigenvalue weighted by Gasteiger charge is -2.16. The minimum Gasteiger partial charge on any atom is -0.489 e. The number of benzene rings is 2. The monoisotopic (exact) mass is 423 g/mol. The molecule has 0 radical (unpaired) electrons. The van der Waals surface area contributed by atoms with Crippen molar-refractivity contribution in [3.8, 4) is 5.75 Å². The highest BCUT2D eigenvalue weighted by Gasteiger charge is 2.29. The Morgan fingerprint density at radius 2 is 1.77 bits per heavy atom. The molecule has 0 aromatic heterocycles. The van der Waals surface area contributed by atoms with E-state index in [0.717, 1.165) is 49.2 Å². The van der Waals surface area contributed by atoms with E-state index in [0.29, 0.717) is 18.0 Å². The number of nitrogens with one attached hydrogen (secondary N) is 3. The van der Waals surface area contributed by atoms with Crippen molar-refractivity contribution in [3.05, 3.63) is 48.0 Å². The Labute approximate surface area is 182 Å². The summed E-state index contributed by atoms with van der Waals surface area (Å²) in [5, 5.41) is 9.05. The normalized spacial score (nSPS) is 17.8. The van der Waals surface area contributed by atoms with Crippen LogP contribution >= 0.6 is 0 Å². The molecule has 2 amide bonds. The third kappa shape index (κ3) is 5.76. The third-order valence-electron chi connectivity index (χ3n) is 5.59. The fraction of sp³-hybridized carbons (Fsp3) is 0.417. The van der Waals surface area contributed by atoms with E-state index in [1.165, 1.54) is 0 Å². The van der Waals surface area contributed by atoms with Crippen LogP contribution in [0.4, 0.5) is 17.1 Å². The lowest BCUT2D eigenvalue weighted by molar-refractivity contribution is -0.117.